The molecule has 0 bridgehead atoms. The highest BCUT2D eigenvalue weighted by Crippen LogP contribution is 2.68. The normalized spacial score (nSPS) is 20.3. The molecule has 5 aromatic rings. The topological polar surface area (TPSA) is 158 Å². The van der Waals surface area contributed by atoms with Gasteiger partial charge in [0, 0.05) is 28.7 Å². The third kappa shape index (κ3) is 8.66. The molecular formula is C45H40ClF10N7O5S2. The third-order valence-corrected chi connectivity index (χ3v) is 19.1. The molecule has 3 aromatic heterocycles. The molecule has 25 heteroatoms. The lowest BCUT2D eigenvalue weighted by molar-refractivity contribution is -0.142. The summed E-state index contributed by atoms with van der Waals surface area (Å²) < 4.78 is 200. The fourth-order valence-electron chi connectivity index (χ4n) is 9.08. The number of alkyl halides is 8. The van der Waals surface area contributed by atoms with Gasteiger partial charge in [0.2, 0.25) is 15.9 Å². The van der Waals surface area contributed by atoms with Gasteiger partial charge in [0.1, 0.15) is 40.9 Å². The number of carbonyl (C=O) groups excluding carboxylic acids is 1. The third-order valence-electron chi connectivity index (χ3n) is 13.5. The van der Waals surface area contributed by atoms with Crippen molar-refractivity contribution < 1.29 is 65.5 Å². The van der Waals surface area contributed by atoms with Gasteiger partial charge in [-0.15, -0.1) is 0 Å². The molecule has 4 aliphatic carbocycles. The van der Waals surface area contributed by atoms with Crippen LogP contribution in [-0.2, 0) is 56.3 Å². The Hall–Kier alpha value is -5.41. The number of anilines is 1. The minimum atomic E-state index is -5.19. The Morgan fingerprint density at radius 3 is 2.13 bits per heavy atom. The molecule has 3 fully saturated rings. The van der Waals surface area contributed by atoms with Crippen molar-refractivity contribution in [1.82, 2.24) is 29.9 Å². The molecule has 3 saturated carbocycles. The lowest BCUT2D eigenvalue weighted by Gasteiger charge is -2.24. The molecule has 3 atom stereocenters. The van der Waals surface area contributed by atoms with E-state index in [1.807, 2.05) is 0 Å². The average Bonchev–Trinajstić information content (AvgIpc) is 4.19. The first-order chi connectivity index (χ1) is 32.3. The first-order valence-electron chi connectivity index (χ1n) is 21.6. The molecule has 4 aliphatic rings. The Labute approximate surface area is 398 Å². The van der Waals surface area contributed by atoms with Gasteiger partial charge in [-0.2, -0.15) is 45.3 Å². The minimum absolute atomic E-state index is 0.176. The van der Waals surface area contributed by atoms with Crippen molar-refractivity contribution in [3.05, 3.63) is 93.0 Å². The van der Waals surface area contributed by atoms with Crippen molar-refractivity contribution in [2.24, 2.45) is 5.92 Å². The number of halogens is 11. The standard InChI is InChI=1S/C45H40ClF10N7O5S2/c1-40(2,69(65,66)41(3)11-12-41)10-9-25-5-6-26(27-7-8-30(46)34-36(27)63(21-43(49,50)51)60-39(34)61-70(67,68)42(4)13-14-42)35(57-25)31(17-22-15-23(47)18-24(48)16-22)58-32(64)20-62-38-33(37(59-62)45(54,55)56)28-19-29(28)44(38,52)53/h5-8,15-16,18,28-29,31H,11-14,17,19-21H2,1-4H3,(H,58,64)(H,60,61)/t28?,29-,31+/m1/s1. The van der Waals surface area contributed by atoms with Crippen LogP contribution >= 0.6 is 11.6 Å². The van der Waals surface area contributed by atoms with Gasteiger partial charge in [0.25, 0.3) is 5.92 Å². The van der Waals surface area contributed by atoms with Gasteiger partial charge in [-0.3, -0.25) is 18.9 Å². The van der Waals surface area contributed by atoms with Gasteiger partial charge in [0.15, 0.2) is 21.3 Å². The van der Waals surface area contributed by atoms with Crippen LogP contribution in [0.3, 0.4) is 0 Å². The van der Waals surface area contributed by atoms with Crippen LogP contribution in [0.25, 0.3) is 22.0 Å². The number of aromatic nitrogens is 5. The van der Waals surface area contributed by atoms with E-state index in [2.05, 4.69) is 37.1 Å². The molecule has 70 heavy (non-hydrogen) atoms. The van der Waals surface area contributed by atoms with Crippen LogP contribution < -0.4 is 10.0 Å². The van der Waals surface area contributed by atoms with Gasteiger partial charge < -0.3 is 5.32 Å². The van der Waals surface area contributed by atoms with Gasteiger partial charge in [-0.05, 0) is 114 Å². The minimum Gasteiger partial charge on any atom is -0.346 e. The molecule has 12 nitrogen and oxygen atoms in total. The number of hydrogen-bond donors (Lipinski definition) is 2. The van der Waals surface area contributed by atoms with Gasteiger partial charge in [-0.25, -0.2) is 30.6 Å². The lowest BCUT2D eigenvalue weighted by atomic mass is 9.93. The summed E-state index contributed by atoms with van der Waals surface area (Å²) in [6, 6.07) is 5.47. The summed E-state index contributed by atoms with van der Waals surface area (Å²) in [5.74, 6) is -5.07. The second-order valence-electron chi connectivity index (χ2n) is 19.3. The largest absolute Gasteiger partial charge is 0.435 e. The lowest BCUT2D eigenvalue weighted by Crippen LogP contribution is -2.38. The maximum absolute atomic E-state index is 15.6. The number of nitrogens with one attached hydrogen (secondary N) is 2. The summed E-state index contributed by atoms with van der Waals surface area (Å²) in [6.07, 6.45) is -9.84. The molecule has 0 radical (unpaired) electrons. The van der Waals surface area contributed by atoms with Crippen LogP contribution in [0.4, 0.5) is 49.7 Å². The van der Waals surface area contributed by atoms with Crippen molar-refractivity contribution in [3.63, 3.8) is 0 Å². The summed E-state index contributed by atoms with van der Waals surface area (Å²) >= 11 is 6.62. The maximum atomic E-state index is 15.6. The van der Waals surface area contributed by atoms with E-state index >= 15 is 8.78 Å². The van der Waals surface area contributed by atoms with E-state index in [-0.39, 0.29) is 62.4 Å². The number of fused-ring (bicyclic) bond motifs is 4. The van der Waals surface area contributed by atoms with Crippen LogP contribution in [0.1, 0.15) is 106 Å². The smallest absolute Gasteiger partial charge is 0.346 e. The van der Waals surface area contributed by atoms with Crippen LogP contribution in [0.15, 0.2) is 42.5 Å². The molecular weight excluding hydrogens is 1010 g/mol. The van der Waals surface area contributed by atoms with Gasteiger partial charge >= 0.3 is 12.4 Å². The fourth-order valence-corrected chi connectivity index (χ4v) is 12.7. The zero-order valence-electron chi connectivity index (χ0n) is 37.2. The number of pyridine rings is 1. The number of rotatable bonds is 13. The first-order valence-corrected chi connectivity index (χ1v) is 25.0. The number of sulfonamides is 1. The Balaban J connectivity index is 1.23. The van der Waals surface area contributed by atoms with E-state index in [0.29, 0.717) is 23.6 Å². The van der Waals surface area contributed by atoms with Crippen molar-refractivity contribution in [2.45, 2.75) is 124 Å². The number of benzene rings is 2. The summed E-state index contributed by atoms with van der Waals surface area (Å²) in [5, 5.41) is 9.33. The fraction of sp³-hybridized carbons (Fsp3) is 0.467. The Bertz CT molecular complexity index is 3310. The van der Waals surface area contributed by atoms with Crippen molar-refractivity contribution >= 4 is 54.1 Å². The highest BCUT2D eigenvalue weighted by Gasteiger charge is 2.68. The van der Waals surface area contributed by atoms with E-state index in [1.165, 1.54) is 45.0 Å². The van der Waals surface area contributed by atoms with Crippen molar-refractivity contribution in [2.75, 3.05) is 4.72 Å². The van der Waals surface area contributed by atoms with E-state index < -0.39 is 136 Å². The molecule has 1 amide bonds. The molecule has 9 rings (SSSR count). The molecule has 2 N–H and O–H groups in total. The quantitative estimate of drug-likeness (QED) is 0.0873. The zero-order chi connectivity index (χ0) is 51.1. The number of nitrogens with zero attached hydrogens (tertiary/aromatic N) is 5. The zero-order valence-corrected chi connectivity index (χ0v) is 39.6. The van der Waals surface area contributed by atoms with Crippen molar-refractivity contribution in [1.29, 1.82) is 0 Å². The molecule has 0 aliphatic heterocycles. The molecule has 0 spiro atoms. The Morgan fingerprint density at radius 1 is 0.900 bits per heavy atom. The SMILES string of the molecule is CC1(S(=O)(=O)Nc2nn(CC(F)(F)F)c3c(-c4ccc(C#CC(C)(C)S(=O)(=O)C5(C)CC5)nc4[C@H](Cc4cc(F)cc(F)c4)NC(=O)Cn4nc(C(F)(F)F)c5c4C(F)(F)[C@@H]4CC54)ccc(Cl)c23)CC1. The molecule has 374 valence electrons. The maximum Gasteiger partial charge on any atom is 0.435 e. The number of hydrogen-bond acceptors (Lipinski definition) is 8. The number of carbonyl (C=O) groups is 1. The number of amides is 1. The van der Waals surface area contributed by atoms with Gasteiger partial charge in [-0.1, -0.05) is 23.6 Å². The predicted molar refractivity (Wildman–Crippen MR) is 235 cm³/mol. The molecule has 0 saturated heterocycles. The summed E-state index contributed by atoms with van der Waals surface area (Å²) in [7, 11) is -8.20. The second kappa shape index (κ2) is 16.0. The van der Waals surface area contributed by atoms with Crippen LogP contribution in [0, 0.1) is 29.4 Å². The molecule has 1 unspecified atom stereocenters. The van der Waals surface area contributed by atoms with Crippen LogP contribution in [-0.4, -0.2) is 67.7 Å². The van der Waals surface area contributed by atoms with Crippen LogP contribution in [0.2, 0.25) is 5.02 Å². The number of sulfone groups is 1. The summed E-state index contributed by atoms with van der Waals surface area (Å²) in [4.78, 5) is 18.8. The average molecular weight is 1050 g/mol. The van der Waals surface area contributed by atoms with E-state index in [1.54, 1.807) is 6.92 Å². The Morgan fingerprint density at radius 2 is 1.53 bits per heavy atom. The second-order valence-corrected chi connectivity index (χ2v) is 24.9. The van der Waals surface area contributed by atoms with E-state index in [9.17, 15) is 56.8 Å². The molecule has 2 aromatic carbocycles. The van der Waals surface area contributed by atoms with Gasteiger partial charge in [0.05, 0.1) is 37.2 Å². The van der Waals surface area contributed by atoms with Crippen molar-refractivity contribution in [3.8, 4) is 23.0 Å². The van der Waals surface area contributed by atoms with E-state index in [4.69, 9.17) is 11.6 Å². The van der Waals surface area contributed by atoms with E-state index in [0.717, 1.165) is 12.1 Å². The highest BCUT2D eigenvalue weighted by molar-refractivity contribution is 7.94. The summed E-state index contributed by atoms with van der Waals surface area (Å²) in [6.45, 7) is 2.63. The van der Waals surface area contributed by atoms with Crippen LogP contribution in [0.5, 0.6) is 0 Å². The monoisotopic (exact) mass is 1050 g/mol. The predicted octanol–water partition coefficient (Wildman–Crippen LogP) is 9.51. The Kier molecular flexibility index (Phi) is 11.4. The summed E-state index contributed by atoms with van der Waals surface area (Å²) in [5.41, 5.74) is -5.02. The molecule has 3 heterocycles. The highest BCUT2D eigenvalue weighted by atomic mass is 35.5. The first kappa shape index (κ1) is 49.6.